The highest BCUT2D eigenvalue weighted by Crippen LogP contribution is 2.32. The molecule has 2 aromatic rings. The number of aromatic nitrogens is 1. The fourth-order valence-electron chi connectivity index (χ4n) is 3.18. The maximum absolute atomic E-state index is 12.6. The van der Waals surface area contributed by atoms with Gasteiger partial charge in [-0.15, -0.1) is 0 Å². The molecule has 166 valence electrons. The Morgan fingerprint density at radius 1 is 1.34 bits per heavy atom. The fraction of sp³-hybridized carbons (Fsp3) is 0.346. The van der Waals surface area contributed by atoms with Crippen LogP contribution in [0.15, 0.2) is 65.2 Å². The Hall–Kier alpha value is -3.43. The maximum atomic E-state index is 12.6. The summed E-state index contributed by atoms with van der Waals surface area (Å²) in [5.41, 5.74) is 3.90. The molecule has 1 saturated carbocycles. The summed E-state index contributed by atoms with van der Waals surface area (Å²) in [6.45, 7) is 11.0. The van der Waals surface area contributed by atoms with E-state index < -0.39 is 6.04 Å². The average molecular weight is 431 g/mol. The van der Waals surface area contributed by atoms with Crippen LogP contribution < -0.4 is 10.6 Å². The number of amides is 1. The number of nitriles is 1. The molecule has 1 unspecified atom stereocenters. The number of rotatable bonds is 10. The molecule has 1 fully saturated rings. The number of carbonyl (C=O) groups excluding carboxylic acids is 1. The van der Waals surface area contributed by atoms with E-state index in [4.69, 9.17) is 4.52 Å². The second kappa shape index (κ2) is 10.7. The zero-order chi connectivity index (χ0) is 23.1. The number of hydrogen-bond acceptors (Lipinski definition) is 5. The van der Waals surface area contributed by atoms with E-state index in [2.05, 4.69) is 49.2 Å². The molecule has 1 aromatic heterocycles. The lowest BCUT2D eigenvalue weighted by Gasteiger charge is -2.10. The molecule has 6 heteroatoms. The van der Waals surface area contributed by atoms with Gasteiger partial charge in [-0.1, -0.05) is 61.5 Å². The monoisotopic (exact) mass is 430 g/mol. The zero-order valence-corrected chi connectivity index (χ0v) is 18.9. The Bertz CT molecular complexity index is 1070. The first-order valence-corrected chi connectivity index (χ1v) is 10.9. The first-order chi connectivity index (χ1) is 15.4. The van der Waals surface area contributed by atoms with E-state index >= 15 is 0 Å². The smallest absolute Gasteiger partial charge is 0.252 e. The van der Waals surface area contributed by atoms with Crippen LogP contribution in [-0.2, 0) is 0 Å². The molecule has 0 spiro atoms. The van der Waals surface area contributed by atoms with Crippen LogP contribution in [0.2, 0.25) is 0 Å². The highest BCUT2D eigenvalue weighted by molar-refractivity contribution is 5.95. The number of hydrogen-bond donors (Lipinski definition) is 2. The van der Waals surface area contributed by atoms with Gasteiger partial charge in [0.05, 0.1) is 6.07 Å². The van der Waals surface area contributed by atoms with Crippen molar-refractivity contribution >= 4 is 11.5 Å². The fourth-order valence-corrected chi connectivity index (χ4v) is 3.18. The van der Waals surface area contributed by atoms with Gasteiger partial charge < -0.3 is 15.2 Å². The molecule has 0 aliphatic heterocycles. The van der Waals surface area contributed by atoms with E-state index in [0.29, 0.717) is 23.1 Å². The van der Waals surface area contributed by atoms with Crippen LogP contribution in [0.4, 0.5) is 0 Å². The van der Waals surface area contributed by atoms with Gasteiger partial charge in [0.25, 0.3) is 5.91 Å². The van der Waals surface area contributed by atoms with Crippen molar-refractivity contribution in [2.45, 2.75) is 45.7 Å². The Balaban J connectivity index is 1.74. The molecule has 1 aliphatic rings. The van der Waals surface area contributed by atoms with Crippen molar-refractivity contribution in [3.8, 4) is 17.3 Å². The summed E-state index contributed by atoms with van der Waals surface area (Å²) >= 11 is 0. The van der Waals surface area contributed by atoms with Crippen molar-refractivity contribution in [3.05, 3.63) is 72.0 Å². The SMILES string of the molecule is C=C/C(=C\C=C(/C)CNC(C)C)c1cc(-c2cccc(C(=O)NC(C#N)C3CC3)c2)no1. The molecule has 3 rings (SSSR count). The van der Waals surface area contributed by atoms with Gasteiger partial charge in [-0.3, -0.25) is 4.79 Å². The minimum atomic E-state index is -0.433. The number of allylic oxidation sites excluding steroid dienone is 4. The molecule has 1 aliphatic carbocycles. The van der Waals surface area contributed by atoms with E-state index in [9.17, 15) is 10.1 Å². The first kappa shape index (κ1) is 23.2. The third-order valence-electron chi connectivity index (χ3n) is 5.29. The molecular formula is C26H30N4O2. The van der Waals surface area contributed by atoms with Crippen molar-refractivity contribution in [2.24, 2.45) is 5.92 Å². The lowest BCUT2D eigenvalue weighted by molar-refractivity contribution is 0.0942. The van der Waals surface area contributed by atoms with Gasteiger partial charge in [0.1, 0.15) is 11.7 Å². The zero-order valence-electron chi connectivity index (χ0n) is 18.9. The van der Waals surface area contributed by atoms with Crippen LogP contribution in [-0.4, -0.2) is 29.7 Å². The van der Waals surface area contributed by atoms with Crippen molar-refractivity contribution in [3.63, 3.8) is 0 Å². The van der Waals surface area contributed by atoms with Crippen LogP contribution in [0.1, 0.15) is 49.7 Å². The molecule has 1 heterocycles. The Morgan fingerprint density at radius 2 is 2.12 bits per heavy atom. The lowest BCUT2D eigenvalue weighted by atomic mass is 10.1. The second-order valence-electron chi connectivity index (χ2n) is 8.45. The molecule has 1 aromatic carbocycles. The molecule has 0 saturated heterocycles. The number of benzene rings is 1. The molecule has 32 heavy (non-hydrogen) atoms. The third-order valence-corrected chi connectivity index (χ3v) is 5.29. The average Bonchev–Trinajstić information content (AvgIpc) is 3.52. The maximum Gasteiger partial charge on any atom is 0.252 e. The van der Waals surface area contributed by atoms with E-state index in [0.717, 1.165) is 30.5 Å². The summed E-state index contributed by atoms with van der Waals surface area (Å²) in [4.78, 5) is 12.6. The van der Waals surface area contributed by atoms with Gasteiger partial charge in [-0.25, -0.2) is 0 Å². The lowest BCUT2D eigenvalue weighted by Crippen LogP contribution is -2.35. The predicted octanol–water partition coefficient (Wildman–Crippen LogP) is 4.89. The van der Waals surface area contributed by atoms with Gasteiger partial charge in [0.2, 0.25) is 0 Å². The van der Waals surface area contributed by atoms with Gasteiger partial charge in [0.15, 0.2) is 5.76 Å². The summed E-state index contributed by atoms with van der Waals surface area (Å²) in [6, 6.07) is 11.2. The molecule has 2 N–H and O–H groups in total. The molecular weight excluding hydrogens is 400 g/mol. The highest BCUT2D eigenvalue weighted by Gasteiger charge is 2.32. The van der Waals surface area contributed by atoms with Crippen molar-refractivity contribution < 1.29 is 9.32 Å². The van der Waals surface area contributed by atoms with Crippen molar-refractivity contribution in [2.75, 3.05) is 6.54 Å². The quantitative estimate of drug-likeness (QED) is 0.524. The summed E-state index contributed by atoms with van der Waals surface area (Å²) in [5.74, 6) is 0.619. The summed E-state index contributed by atoms with van der Waals surface area (Å²) < 4.78 is 5.55. The van der Waals surface area contributed by atoms with Gasteiger partial charge in [-0.05, 0) is 37.8 Å². The second-order valence-corrected chi connectivity index (χ2v) is 8.45. The number of nitrogens with zero attached hydrogens (tertiary/aromatic N) is 2. The molecule has 6 nitrogen and oxygen atoms in total. The Kier molecular flexibility index (Phi) is 7.80. The Morgan fingerprint density at radius 3 is 2.78 bits per heavy atom. The van der Waals surface area contributed by atoms with Gasteiger partial charge in [-0.2, -0.15) is 5.26 Å². The van der Waals surface area contributed by atoms with Crippen molar-refractivity contribution in [1.82, 2.24) is 15.8 Å². The minimum absolute atomic E-state index is 0.253. The van der Waals surface area contributed by atoms with Gasteiger partial charge in [0, 0.05) is 35.4 Å². The highest BCUT2D eigenvalue weighted by atomic mass is 16.5. The van der Waals surface area contributed by atoms with Crippen LogP contribution in [0.3, 0.4) is 0 Å². The molecule has 1 amide bonds. The van der Waals surface area contributed by atoms with E-state index in [-0.39, 0.29) is 11.8 Å². The normalized spacial score (nSPS) is 15.3. The standard InChI is InChI=1S/C26H30N4O2/c1-5-19(10-9-18(4)16-28-17(2)3)25-14-23(30-32-25)21-7-6-8-22(13-21)26(31)29-24(15-27)20-11-12-20/h5-10,13-14,17,20,24,28H,1,11-12,16H2,2-4H3,(H,29,31)/b18-9+,19-10+. The largest absolute Gasteiger partial charge is 0.356 e. The summed E-state index contributed by atoms with van der Waals surface area (Å²) in [7, 11) is 0. The summed E-state index contributed by atoms with van der Waals surface area (Å²) in [6.07, 6.45) is 7.70. The topological polar surface area (TPSA) is 91.0 Å². The van der Waals surface area contributed by atoms with E-state index in [1.165, 1.54) is 5.57 Å². The number of carbonyl (C=O) groups is 1. The predicted molar refractivity (Wildman–Crippen MR) is 127 cm³/mol. The van der Waals surface area contributed by atoms with Gasteiger partial charge >= 0.3 is 0 Å². The number of nitrogens with one attached hydrogen (secondary N) is 2. The first-order valence-electron chi connectivity index (χ1n) is 10.9. The van der Waals surface area contributed by atoms with E-state index in [1.54, 1.807) is 24.3 Å². The van der Waals surface area contributed by atoms with Crippen molar-refractivity contribution in [1.29, 1.82) is 5.26 Å². The molecule has 0 radical (unpaired) electrons. The molecule has 0 bridgehead atoms. The Labute approximate surface area is 189 Å². The van der Waals surface area contributed by atoms with Crippen LogP contribution in [0.25, 0.3) is 16.8 Å². The van der Waals surface area contributed by atoms with Crippen LogP contribution in [0.5, 0.6) is 0 Å². The van der Waals surface area contributed by atoms with Crippen LogP contribution >= 0.6 is 0 Å². The third kappa shape index (κ3) is 6.29. The summed E-state index contributed by atoms with van der Waals surface area (Å²) in [5, 5.41) is 19.6. The molecule has 1 atom stereocenters. The van der Waals surface area contributed by atoms with E-state index in [1.807, 2.05) is 24.3 Å². The van der Waals surface area contributed by atoms with Crippen LogP contribution in [0, 0.1) is 17.2 Å². The minimum Gasteiger partial charge on any atom is -0.356 e.